The molecule has 0 atom stereocenters. The first-order chi connectivity index (χ1) is 14.2. The molecule has 0 aliphatic rings. The topological polar surface area (TPSA) is 130 Å². The summed E-state index contributed by atoms with van der Waals surface area (Å²) in [6.45, 7) is 2.40. The van der Waals surface area contributed by atoms with Gasteiger partial charge in [-0.25, -0.2) is 9.59 Å². The molecule has 0 N–H and O–H groups in total. The minimum Gasteiger partial charge on any atom is -0.465 e. The van der Waals surface area contributed by atoms with Gasteiger partial charge < -0.3 is 18.9 Å². The monoisotopic (exact) mass is 414 g/mol. The first-order valence-corrected chi connectivity index (χ1v) is 8.48. The van der Waals surface area contributed by atoms with E-state index in [0.29, 0.717) is 0 Å². The average molecular weight is 414 g/mol. The molecule has 2 aromatic carbocycles. The fourth-order valence-corrected chi connectivity index (χ4v) is 2.30. The van der Waals surface area contributed by atoms with Gasteiger partial charge in [-0.15, -0.1) is 0 Å². The lowest BCUT2D eigenvalue weighted by Crippen LogP contribution is -2.08. The second kappa shape index (κ2) is 9.92. The smallest absolute Gasteiger partial charge is 0.341 e. The quantitative estimate of drug-likeness (QED) is 0.399. The van der Waals surface area contributed by atoms with E-state index in [9.17, 15) is 19.2 Å². The number of esters is 4. The number of methoxy groups -OCH3 is 2. The standard InChI is InChI=1S/C20H18N2O8/c1-11(23)29-17-7-5-13(9-15(17)19(25)27-3)21-22-14-6-8-18(30-12(2)24)16(10-14)20(26)28-4/h5-10H,1-4H3. The molecule has 10 heteroatoms. The predicted octanol–water partition coefficient (Wildman–Crippen LogP) is 3.53. The SMILES string of the molecule is COC(=O)c1cc(N=Nc2ccc(OC(C)=O)c(C(=O)OC)c2)ccc1OC(C)=O. The Labute approximate surface area is 171 Å². The van der Waals surface area contributed by atoms with E-state index in [0.717, 1.165) is 0 Å². The van der Waals surface area contributed by atoms with E-state index in [4.69, 9.17) is 9.47 Å². The van der Waals surface area contributed by atoms with Gasteiger partial charge in [0.25, 0.3) is 0 Å². The first-order valence-electron chi connectivity index (χ1n) is 8.48. The van der Waals surface area contributed by atoms with Crippen molar-refractivity contribution < 1.29 is 38.1 Å². The van der Waals surface area contributed by atoms with Crippen molar-refractivity contribution in [2.24, 2.45) is 10.2 Å². The Morgan fingerprint density at radius 1 is 0.667 bits per heavy atom. The van der Waals surface area contributed by atoms with Gasteiger partial charge >= 0.3 is 23.9 Å². The van der Waals surface area contributed by atoms with Crippen LogP contribution in [0.1, 0.15) is 34.6 Å². The molecule has 2 aromatic rings. The van der Waals surface area contributed by atoms with E-state index < -0.39 is 23.9 Å². The van der Waals surface area contributed by atoms with Crippen LogP contribution >= 0.6 is 0 Å². The number of benzene rings is 2. The second-order valence-corrected chi connectivity index (χ2v) is 5.73. The fraction of sp³-hybridized carbons (Fsp3) is 0.200. The molecule has 0 amide bonds. The summed E-state index contributed by atoms with van der Waals surface area (Å²) in [6.07, 6.45) is 0. The van der Waals surface area contributed by atoms with Crippen LogP contribution in [0.15, 0.2) is 46.6 Å². The van der Waals surface area contributed by atoms with Crippen LogP contribution in [0.25, 0.3) is 0 Å². The van der Waals surface area contributed by atoms with Gasteiger partial charge in [-0.3, -0.25) is 9.59 Å². The van der Waals surface area contributed by atoms with Crippen LogP contribution in [0.2, 0.25) is 0 Å². The lowest BCUT2D eigenvalue weighted by Gasteiger charge is -2.08. The van der Waals surface area contributed by atoms with E-state index in [2.05, 4.69) is 19.7 Å². The van der Waals surface area contributed by atoms with Crippen molar-refractivity contribution in [2.45, 2.75) is 13.8 Å². The Hall–Kier alpha value is -4.08. The van der Waals surface area contributed by atoms with E-state index in [1.165, 1.54) is 64.5 Å². The summed E-state index contributed by atoms with van der Waals surface area (Å²) in [5, 5.41) is 8.02. The molecular weight excluding hydrogens is 396 g/mol. The van der Waals surface area contributed by atoms with Crippen molar-refractivity contribution in [3.8, 4) is 11.5 Å². The van der Waals surface area contributed by atoms with Crippen molar-refractivity contribution in [3.63, 3.8) is 0 Å². The van der Waals surface area contributed by atoms with Crippen molar-refractivity contribution in [1.29, 1.82) is 0 Å². The minimum absolute atomic E-state index is 0.00962. The van der Waals surface area contributed by atoms with Crippen molar-refractivity contribution >= 4 is 35.3 Å². The number of rotatable bonds is 6. The summed E-state index contributed by atoms with van der Waals surface area (Å²) in [5.41, 5.74) is 0.499. The summed E-state index contributed by atoms with van der Waals surface area (Å²) in [7, 11) is 2.38. The highest BCUT2D eigenvalue weighted by Crippen LogP contribution is 2.29. The summed E-state index contributed by atoms with van der Waals surface area (Å²) in [6, 6.07) is 8.38. The van der Waals surface area contributed by atoms with E-state index >= 15 is 0 Å². The van der Waals surface area contributed by atoms with Crippen LogP contribution in [0, 0.1) is 0 Å². The van der Waals surface area contributed by atoms with Crippen LogP contribution in [0.3, 0.4) is 0 Å². The Kier molecular flexibility index (Phi) is 7.34. The maximum Gasteiger partial charge on any atom is 0.341 e. The Morgan fingerprint density at radius 2 is 1.03 bits per heavy atom. The number of hydrogen-bond donors (Lipinski definition) is 0. The maximum absolute atomic E-state index is 11.9. The average Bonchev–Trinajstić information content (AvgIpc) is 2.71. The zero-order valence-electron chi connectivity index (χ0n) is 16.6. The number of azo groups is 1. The molecule has 0 heterocycles. The predicted molar refractivity (Wildman–Crippen MR) is 102 cm³/mol. The van der Waals surface area contributed by atoms with E-state index in [-0.39, 0.29) is 34.0 Å². The Bertz CT molecular complexity index is 948. The molecule has 0 fully saturated rings. The molecule has 0 aliphatic carbocycles. The molecule has 0 radical (unpaired) electrons. The highest BCUT2D eigenvalue weighted by atomic mass is 16.6. The summed E-state index contributed by atoms with van der Waals surface area (Å²) >= 11 is 0. The van der Waals surface area contributed by atoms with Crippen molar-refractivity contribution in [2.75, 3.05) is 14.2 Å². The molecule has 0 unspecified atom stereocenters. The first kappa shape index (κ1) is 22.2. The number of carbonyl (C=O) groups excluding carboxylic acids is 4. The van der Waals surface area contributed by atoms with Gasteiger partial charge in [0.2, 0.25) is 0 Å². The number of nitrogens with zero attached hydrogens (tertiary/aromatic N) is 2. The van der Waals surface area contributed by atoms with E-state index in [1.807, 2.05) is 0 Å². The summed E-state index contributed by atoms with van der Waals surface area (Å²) < 4.78 is 19.3. The van der Waals surface area contributed by atoms with Crippen LogP contribution in [-0.4, -0.2) is 38.1 Å². The third-order valence-electron chi connectivity index (χ3n) is 3.53. The lowest BCUT2D eigenvalue weighted by molar-refractivity contribution is -0.132. The van der Waals surface area contributed by atoms with Gasteiger partial charge in [-0.1, -0.05) is 0 Å². The number of carbonyl (C=O) groups is 4. The van der Waals surface area contributed by atoms with Gasteiger partial charge in [0.05, 0.1) is 25.6 Å². The van der Waals surface area contributed by atoms with Gasteiger partial charge in [0, 0.05) is 13.8 Å². The molecule has 0 aromatic heterocycles. The molecule has 156 valence electrons. The molecule has 2 rings (SSSR count). The highest BCUT2D eigenvalue weighted by molar-refractivity contribution is 5.95. The van der Waals surface area contributed by atoms with Gasteiger partial charge in [-0.05, 0) is 36.4 Å². The molecule has 0 bridgehead atoms. The van der Waals surface area contributed by atoms with Gasteiger partial charge in [0.1, 0.15) is 22.6 Å². The van der Waals surface area contributed by atoms with Crippen molar-refractivity contribution in [3.05, 3.63) is 47.5 Å². The third-order valence-corrected chi connectivity index (χ3v) is 3.53. The molecule has 0 saturated heterocycles. The number of hydrogen-bond acceptors (Lipinski definition) is 10. The van der Waals surface area contributed by atoms with Crippen LogP contribution in [-0.2, 0) is 19.1 Å². The minimum atomic E-state index is -0.720. The normalized spacial score (nSPS) is 10.4. The third kappa shape index (κ3) is 5.71. The van der Waals surface area contributed by atoms with Crippen LogP contribution in [0.5, 0.6) is 11.5 Å². The molecule has 10 nitrogen and oxygen atoms in total. The maximum atomic E-state index is 11.9. The van der Waals surface area contributed by atoms with E-state index in [1.54, 1.807) is 0 Å². The zero-order valence-corrected chi connectivity index (χ0v) is 16.6. The Morgan fingerprint density at radius 3 is 1.33 bits per heavy atom. The molecular formula is C20H18N2O8. The fourth-order valence-electron chi connectivity index (χ4n) is 2.30. The highest BCUT2D eigenvalue weighted by Gasteiger charge is 2.17. The van der Waals surface area contributed by atoms with Crippen molar-refractivity contribution in [1.82, 2.24) is 0 Å². The molecule has 0 spiro atoms. The number of ether oxygens (including phenoxy) is 4. The Balaban J connectivity index is 2.38. The molecule has 30 heavy (non-hydrogen) atoms. The lowest BCUT2D eigenvalue weighted by atomic mass is 10.1. The van der Waals surface area contributed by atoms with Gasteiger partial charge in [0.15, 0.2) is 0 Å². The summed E-state index contributed by atoms with van der Waals surface area (Å²) in [5.74, 6) is -2.60. The van der Waals surface area contributed by atoms with Crippen LogP contribution < -0.4 is 9.47 Å². The largest absolute Gasteiger partial charge is 0.465 e. The molecule has 0 saturated carbocycles. The van der Waals surface area contributed by atoms with Crippen LogP contribution in [0.4, 0.5) is 11.4 Å². The molecule has 0 aliphatic heterocycles. The van der Waals surface area contributed by atoms with Gasteiger partial charge in [-0.2, -0.15) is 10.2 Å². The summed E-state index contributed by atoms with van der Waals surface area (Å²) in [4.78, 5) is 46.3. The zero-order chi connectivity index (χ0) is 22.3. The second-order valence-electron chi connectivity index (χ2n) is 5.73.